The van der Waals surface area contributed by atoms with Gasteiger partial charge < -0.3 is 5.32 Å². The van der Waals surface area contributed by atoms with Crippen molar-refractivity contribution in [1.29, 1.82) is 0 Å². The number of rotatable bonds is 7. The SMILES string of the molecule is CCCNC(C)CS(=O)(=O)C(C)CC. The molecule has 3 nitrogen and oxygen atoms in total. The summed E-state index contributed by atoms with van der Waals surface area (Å²) in [4.78, 5) is 0. The van der Waals surface area contributed by atoms with Gasteiger partial charge in [-0.2, -0.15) is 0 Å². The van der Waals surface area contributed by atoms with Crippen molar-refractivity contribution in [3.63, 3.8) is 0 Å². The third kappa shape index (κ3) is 4.96. The van der Waals surface area contributed by atoms with Crippen LogP contribution in [0.3, 0.4) is 0 Å². The van der Waals surface area contributed by atoms with E-state index in [1.165, 1.54) is 0 Å². The highest BCUT2D eigenvalue weighted by Gasteiger charge is 2.21. The van der Waals surface area contributed by atoms with Crippen molar-refractivity contribution < 1.29 is 8.42 Å². The Labute approximate surface area is 88.2 Å². The van der Waals surface area contributed by atoms with Gasteiger partial charge in [0, 0.05) is 6.04 Å². The maximum absolute atomic E-state index is 11.7. The van der Waals surface area contributed by atoms with Crippen LogP contribution in [-0.4, -0.2) is 32.0 Å². The highest BCUT2D eigenvalue weighted by atomic mass is 32.2. The molecule has 0 saturated carbocycles. The number of hydrogen-bond donors (Lipinski definition) is 1. The summed E-state index contributed by atoms with van der Waals surface area (Å²) in [6.07, 6.45) is 1.73. The second-order valence-electron chi connectivity index (χ2n) is 3.90. The second-order valence-corrected chi connectivity index (χ2v) is 6.37. The quantitative estimate of drug-likeness (QED) is 0.710. The van der Waals surface area contributed by atoms with Gasteiger partial charge in [-0.3, -0.25) is 0 Å². The summed E-state index contributed by atoms with van der Waals surface area (Å²) in [5.41, 5.74) is 0. The van der Waals surface area contributed by atoms with Crippen LogP contribution in [0.2, 0.25) is 0 Å². The molecular formula is C10H23NO2S. The minimum atomic E-state index is -2.90. The summed E-state index contributed by atoms with van der Waals surface area (Å²) in [5, 5.41) is 2.97. The predicted molar refractivity (Wildman–Crippen MR) is 61.3 cm³/mol. The molecule has 0 saturated heterocycles. The molecule has 0 radical (unpaired) electrons. The van der Waals surface area contributed by atoms with Gasteiger partial charge in [0.25, 0.3) is 0 Å². The molecule has 0 heterocycles. The van der Waals surface area contributed by atoms with Crippen LogP contribution in [0.15, 0.2) is 0 Å². The van der Waals surface area contributed by atoms with Crippen molar-refractivity contribution in [3.8, 4) is 0 Å². The van der Waals surface area contributed by atoms with E-state index in [0.717, 1.165) is 13.0 Å². The molecule has 0 aliphatic rings. The monoisotopic (exact) mass is 221 g/mol. The Hall–Kier alpha value is -0.0900. The van der Waals surface area contributed by atoms with E-state index in [0.29, 0.717) is 6.42 Å². The van der Waals surface area contributed by atoms with Crippen LogP contribution in [0.25, 0.3) is 0 Å². The lowest BCUT2D eigenvalue weighted by atomic mass is 10.3. The van der Waals surface area contributed by atoms with E-state index in [2.05, 4.69) is 12.2 Å². The van der Waals surface area contributed by atoms with Gasteiger partial charge in [-0.25, -0.2) is 8.42 Å². The maximum Gasteiger partial charge on any atom is 0.154 e. The second kappa shape index (κ2) is 6.40. The minimum absolute atomic E-state index is 0.0638. The van der Waals surface area contributed by atoms with Crippen LogP contribution < -0.4 is 5.32 Å². The Bertz CT molecular complexity index is 237. The van der Waals surface area contributed by atoms with E-state index in [9.17, 15) is 8.42 Å². The van der Waals surface area contributed by atoms with Crippen LogP contribution in [0.1, 0.15) is 40.5 Å². The first-order chi connectivity index (χ1) is 6.44. The topological polar surface area (TPSA) is 46.2 Å². The van der Waals surface area contributed by atoms with Gasteiger partial charge in [-0.05, 0) is 33.2 Å². The lowest BCUT2D eigenvalue weighted by Crippen LogP contribution is -2.36. The smallest absolute Gasteiger partial charge is 0.154 e. The van der Waals surface area contributed by atoms with Crippen molar-refractivity contribution in [2.45, 2.75) is 51.8 Å². The van der Waals surface area contributed by atoms with Gasteiger partial charge in [-0.15, -0.1) is 0 Å². The molecule has 4 heteroatoms. The predicted octanol–water partition coefficient (Wildman–Crippen LogP) is 1.59. The van der Waals surface area contributed by atoms with Crippen molar-refractivity contribution in [1.82, 2.24) is 5.32 Å². The minimum Gasteiger partial charge on any atom is -0.313 e. The van der Waals surface area contributed by atoms with Crippen LogP contribution in [0, 0.1) is 0 Å². The van der Waals surface area contributed by atoms with Crippen LogP contribution in [-0.2, 0) is 9.84 Å². The van der Waals surface area contributed by atoms with Crippen molar-refractivity contribution in [2.24, 2.45) is 0 Å². The standard InChI is InChI=1S/C10H23NO2S/c1-5-7-11-9(3)8-14(12,13)10(4)6-2/h9-11H,5-8H2,1-4H3. The Morgan fingerprint density at radius 1 is 1.21 bits per heavy atom. The number of nitrogens with one attached hydrogen (secondary N) is 1. The summed E-state index contributed by atoms with van der Waals surface area (Å²) in [5.74, 6) is 0.252. The Morgan fingerprint density at radius 3 is 2.21 bits per heavy atom. The fourth-order valence-electron chi connectivity index (χ4n) is 1.22. The molecular weight excluding hydrogens is 198 g/mol. The zero-order valence-electron chi connectivity index (χ0n) is 9.71. The van der Waals surface area contributed by atoms with Gasteiger partial charge in [0.1, 0.15) is 0 Å². The first-order valence-electron chi connectivity index (χ1n) is 5.39. The highest BCUT2D eigenvalue weighted by molar-refractivity contribution is 7.92. The molecule has 0 aromatic rings. The molecule has 0 aromatic heterocycles. The Kier molecular flexibility index (Phi) is 6.36. The van der Waals surface area contributed by atoms with E-state index in [1.54, 1.807) is 6.92 Å². The summed E-state index contributed by atoms with van der Waals surface area (Å²) >= 11 is 0. The lowest BCUT2D eigenvalue weighted by Gasteiger charge is -2.16. The molecule has 0 rings (SSSR count). The van der Waals surface area contributed by atoms with E-state index in [4.69, 9.17) is 0 Å². The Balaban J connectivity index is 4.09. The van der Waals surface area contributed by atoms with Crippen LogP contribution in [0.5, 0.6) is 0 Å². The summed E-state index contributed by atoms with van der Waals surface area (Å²) in [6, 6.07) is 0.0638. The lowest BCUT2D eigenvalue weighted by molar-refractivity contribution is 0.546. The highest BCUT2D eigenvalue weighted by Crippen LogP contribution is 2.07. The van der Waals surface area contributed by atoms with E-state index < -0.39 is 9.84 Å². The van der Waals surface area contributed by atoms with Crippen molar-refractivity contribution >= 4 is 9.84 Å². The first kappa shape index (κ1) is 13.9. The van der Waals surface area contributed by atoms with Crippen molar-refractivity contribution in [3.05, 3.63) is 0 Å². The third-order valence-corrected chi connectivity index (χ3v) is 4.94. The molecule has 0 fully saturated rings. The van der Waals surface area contributed by atoms with Gasteiger partial charge in [0.2, 0.25) is 0 Å². The van der Waals surface area contributed by atoms with E-state index in [-0.39, 0.29) is 17.0 Å². The molecule has 0 aromatic carbocycles. The molecule has 0 aliphatic carbocycles. The summed E-state index contributed by atoms with van der Waals surface area (Å²) in [7, 11) is -2.90. The average Bonchev–Trinajstić information content (AvgIpc) is 2.12. The fourth-order valence-corrected chi connectivity index (χ4v) is 2.87. The molecule has 0 amide bonds. The van der Waals surface area contributed by atoms with Crippen molar-refractivity contribution in [2.75, 3.05) is 12.3 Å². The maximum atomic E-state index is 11.7. The molecule has 14 heavy (non-hydrogen) atoms. The number of hydrogen-bond acceptors (Lipinski definition) is 3. The van der Waals surface area contributed by atoms with Gasteiger partial charge >= 0.3 is 0 Å². The van der Waals surface area contributed by atoms with Crippen LogP contribution in [0.4, 0.5) is 0 Å². The van der Waals surface area contributed by atoms with Gasteiger partial charge in [0.05, 0.1) is 11.0 Å². The molecule has 0 bridgehead atoms. The molecule has 0 spiro atoms. The first-order valence-corrected chi connectivity index (χ1v) is 7.10. The molecule has 1 N–H and O–H groups in total. The van der Waals surface area contributed by atoms with Crippen LogP contribution >= 0.6 is 0 Å². The summed E-state index contributed by atoms with van der Waals surface area (Å²) in [6.45, 7) is 8.57. The molecule has 0 aliphatic heterocycles. The van der Waals surface area contributed by atoms with Gasteiger partial charge in [-0.1, -0.05) is 13.8 Å². The van der Waals surface area contributed by atoms with E-state index >= 15 is 0 Å². The number of sulfone groups is 1. The summed E-state index contributed by atoms with van der Waals surface area (Å²) < 4.78 is 23.4. The molecule has 2 unspecified atom stereocenters. The van der Waals surface area contributed by atoms with Gasteiger partial charge in [0.15, 0.2) is 9.84 Å². The normalized spacial score (nSPS) is 16.6. The largest absolute Gasteiger partial charge is 0.313 e. The zero-order valence-corrected chi connectivity index (χ0v) is 10.5. The van der Waals surface area contributed by atoms with E-state index in [1.807, 2.05) is 13.8 Å². The molecule has 2 atom stereocenters. The third-order valence-electron chi connectivity index (χ3n) is 2.41. The average molecular weight is 221 g/mol. The Morgan fingerprint density at radius 2 is 1.79 bits per heavy atom. The fraction of sp³-hybridized carbons (Fsp3) is 1.00. The zero-order chi connectivity index (χ0) is 11.2. The molecule has 86 valence electrons.